The summed E-state index contributed by atoms with van der Waals surface area (Å²) in [5.41, 5.74) is 10.9. The molecule has 2 aromatic rings. The van der Waals surface area contributed by atoms with E-state index in [0.717, 1.165) is 0 Å². The van der Waals surface area contributed by atoms with Crippen molar-refractivity contribution in [3.8, 4) is 0 Å². The summed E-state index contributed by atoms with van der Waals surface area (Å²) in [6, 6.07) is 5.09. The fraction of sp³-hybridized carbons (Fsp3) is 0.333. The van der Waals surface area contributed by atoms with Crippen molar-refractivity contribution in [3.05, 3.63) is 58.0 Å². The van der Waals surface area contributed by atoms with Gasteiger partial charge >= 0.3 is 6.18 Å². The van der Waals surface area contributed by atoms with Crippen molar-refractivity contribution in [2.45, 2.75) is 38.5 Å². The molecule has 6 nitrogen and oxygen atoms in total. The molecule has 0 radical (unpaired) electrons. The van der Waals surface area contributed by atoms with Gasteiger partial charge in [0, 0.05) is 17.4 Å². The van der Waals surface area contributed by atoms with E-state index >= 15 is 0 Å². The standard InChI is InChI=1S/C18H22F3N5O/c1-17(2,3)26-14(18(19,20)21)10-4-6-11(7-5-10)25-15(23)13-12(22)8-9-24-16(13)27/h4-9,14,26H,1-3H3,(H2,23,25)(H3,22,24,27). The maximum atomic E-state index is 13.4. The first-order chi connectivity index (χ1) is 12.4. The molecule has 0 fully saturated rings. The van der Waals surface area contributed by atoms with Crippen LogP contribution in [-0.2, 0) is 0 Å². The third kappa shape index (κ3) is 5.33. The van der Waals surface area contributed by atoms with Gasteiger partial charge in [0.2, 0.25) is 0 Å². The number of halogens is 3. The number of amidine groups is 1. The first kappa shape index (κ1) is 20.5. The molecule has 1 atom stereocenters. The molecule has 1 aromatic heterocycles. The molecule has 1 unspecified atom stereocenters. The summed E-state index contributed by atoms with van der Waals surface area (Å²) in [4.78, 5) is 18.3. The van der Waals surface area contributed by atoms with Gasteiger partial charge in [0.25, 0.3) is 5.56 Å². The van der Waals surface area contributed by atoms with E-state index in [9.17, 15) is 18.0 Å². The van der Waals surface area contributed by atoms with Crippen molar-refractivity contribution in [2.24, 2.45) is 10.7 Å². The van der Waals surface area contributed by atoms with Crippen LogP contribution in [0.2, 0.25) is 0 Å². The first-order valence-corrected chi connectivity index (χ1v) is 8.14. The van der Waals surface area contributed by atoms with Crippen molar-refractivity contribution >= 4 is 17.2 Å². The normalized spacial score (nSPS) is 14.2. The number of rotatable bonds is 4. The fourth-order valence-corrected chi connectivity index (χ4v) is 2.48. The van der Waals surface area contributed by atoms with Crippen LogP contribution < -0.4 is 22.3 Å². The molecule has 0 aliphatic rings. The minimum atomic E-state index is -4.46. The highest BCUT2D eigenvalue weighted by Gasteiger charge is 2.42. The van der Waals surface area contributed by atoms with Gasteiger partial charge in [-0.05, 0) is 44.5 Å². The minimum absolute atomic E-state index is 0.0177. The molecule has 1 heterocycles. The van der Waals surface area contributed by atoms with Crippen LogP contribution in [0.1, 0.15) is 37.9 Å². The molecule has 27 heavy (non-hydrogen) atoms. The smallest absolute Gasteiger partial charge is 0.398 e. The van der Waals surface area contributed by atoms with E-state index in [2.05, 4.69) is 15.3 Å². The van der Waals surface area contributed by atoms with E-state index in [-0.39, 0.29) is 22.6 Å². The Labute approximate surface area is 154 Å². The predicted molar refractivity (Wildman–Crippen MR) is 100.0 cm³/mol. The lowest BCUT2D eigenvalue weighted by atomic mass is 10.0. The van der Waals surface area contributed by atoms with Crippen LogP contribution in [0.15, 0.2) is 46.3 Å². The molecule has 0 aliphatic heterocycles. The maximum Gasteiger partial charge on any atom is 0.407 e. The summed E-state index contributed by atoms with van der Waals surface area (Å²) in [5, 5.41) is 2.57. The highest BCUT2D eigenvalue weighted by Crippen LogP contribution is 2.35. The van der Waals surface area contributed by atoms with Crippen LogP contribution in [0.25, 0.3) is 0 Å². The van der Waals surface area contributed by atoms with E-state index in [4.69, 9.17) is 11.5 Å². The number of nitrogen functional groups attached to an aromatic ring is 1. The van der Waals surface area contributed by atoms with Crippen molar-refractivity contribution < 1.29 is 13.2 Å². The summed E-state index contributed by atoms with van der Waals surface area (Å²) >= 11 is 0. The number of H-pyrrole nitrogens is 1. The Hall–Kier alpha value is -2.81. The van der Waals surface area contributed by atoms with E-state index in [1.807, 2.05) is 0 Å². The van der Waals surface area contributed by atoms with Crippen LogP contribution in [0, 0.1) is 0 Å². The molecule has 0 saturated carbocycles. The zero-order valence-corrected chi connectivity index (χ0v) is 15.2. The lowest BCUT2D eigenvalue weighted by molar-refractivity contribution is -0.161. The summed E-state index contributed by atoms with van der Waals surface area (Å²) in [6.45, 7) is 4.98. The van der Waals surface area contributed by atoms with Crippen LogP contribution in [0.5, 0.6) is 0 Å². The van der Waals surface area contributed by atoms with E-state index in [0.29, 0.717) is 5.69 Å². The Balaban J connectivity index is 2.34. The number of aliphatic imine (C=N–C) groups is 1. The van der Waals surface area contributed by atoms with Crippen LogP contribution in [0.3, 0.4) is 0 Å². The Morgan fingerprint density at radius 1 is 1.15 bits per heavy atom. The van der Waals surface area contributed by atoms with Gasteiger partial charge in [0.1, 0.15) is 17.4 Å². The van der Waals surface area contributed by atoms with Gasteiger partial charge in [-0.15, -0.1) is 0 Å². The molecular formula is C18H22F3N5O. The van der Waals surface area contributed by atoms with Gasteiger partial charge in [0.05, 0.1) is 5.69 Å². The molecule has 9 heteroatoms. The number of aromatic amines is 1. The van der Waals surface area contributed by atoms with Crippen LogP contribution in [0.4, 0.5) is 24.5 Å². The molecule has 6 N–H and O–H groups in total. The molecule has 0 aliphatic carbocycles. The fourth-order valence-electron chi connectivity index (χ4n) is 2.48. The van der Waals surface area contributed by atoms with Crippen molar-refractivity contribution in [2.75, 3.05) is 5.73 Å². The van der Waals surface area contributed by atoms with Gasteiger partial charge in [-0.3, -0.25) is 10.1 Å². The lowest BCUT2D eigenvalue weighted by Gasteiger charge is -2.30. The molecule has 146 valence electrons. The number of nitrogens with one attached hydrogen (secondary N) is 2. The maximum absolute atomic E-state index is 13.4. The van der Waals surface area contributed by atoms with Gasteiger partial charge < -0.3 is 16.5 Å². The second kappa shape index (κ2) is 7.43. The number of hydrogen-bond acceptors (Lipinski definition) is 4. The van der Waals surface area contributed by atoms with E-state index in [1.165, 1.54) is 36.5 Å². The number of anilines is 1. The van der Waals surface area contributed by atoms with Crippen LogP contribution >= 0.6 is 0 Å². The molecule has 0 amide bonds. The summed E-state index contributed by atoms with van der Waals surface area (Å²) in [7, 11) is 0. The van der Waals surface area contributed by atoms with Gasteiger partial charge in [0.15, 0.2) is 0 Å². The second-order valence-electron chi connectivity index (χ2n) is 7.09. The second-order valence-corrected chi connectivity index (χ2v) is 7.09. The number of benzene rings is 1. The predicted octanol–water partition coefficient (Wildman–Crippen LogP) is 2.99. The highest BCUT2D eigenvalue weighted by molar-refractivity contribution is 6.02. The van der Waals surface area contributed by atoms with Gasteiger partial charge in [-0.1, -0.05) is 12.1 Å². The average molecular weight is 381 g/mol. The quantitative estimate of drug-likeness (QED) is 0.482. The SMILES string of the molecule is CC(C)(C)NC(c1ccc(N=C(N)c2c(N)cc[nH]c2=O)cc1)C(F)(F)F. The summed E-state index contributed by atoms with van der Waals surface area (Å²) in [6.07, 6.45) is -3.08. The summed E-state index contributed by atoms with van der Waals surface area (Å²) < 4.78 is 40.2. The van der Waals surface area contributed by atoms with Crippen molar-refractivity contribution in [1.29, 1.82) is 0 Å². The molecule has 2 rings (SSSR count). The van der Waals surface area contributed by atoms with Crippen molar-refractivity contribution in [1.82, 2.24) is 10.3 Å². The zero-order valence-electron chi connectivity index (χ0n) is 15.2. The lowest BCUT2D eigenvalue weighted by Crippen LogP contribution is -2.45. The molecule has 0 spiro atoms. The Morgan fingerprint density at radius 2 is 1.74 bits per heavy atom. The molecule has 0 saturated heterocycles. The van der Waals surface area contributed by atoms with Crippen molar-refractivity contribution in [3.63, 3.8) is 0 Å². The third-order valence-corrected chi connectivity index (χ3v) is 3.63. The largest absolute Gasteiger partial charge is 0.407 e. The molecule has 0 bridgehead atoms. The number of alkyl halides is 3. The number of aromatic nitrogens is 1. The van der Waals surface area contributed by atoms with E-state index in [1.54, 1.807) is 20.8 Å². The number of nitrogens with zero attached hydrogens (tertiary/aromatic N) is 1. The van der Waals surface area contributed by atoms with Crippen LogP contribution in [-0.4, -0.2) is 22.5 Å². The highest BCUT2D eigenvalue weighted by atomic mass is 19.4. The average Bonchev–Trinajstić information content (AvgIpc) is 2.51. The Bertz CT molecular complexity index is 880. The van der Waals surface area contributed by atoms with Gasteiger partial charge in [-0.2, -0.15) is 13.2 Å². The number of pyridine rings is 1. The zero-order chi connectivity index (χ0) is 20.4. The first-order valence-electron chi connectivity index (χ1n) is 8.14. The number of hydrogen-bond donors (Lipinski definition) is 4. The molecular weight excluding hydrogens is 359 g/mol. The Morgan fingerprint density at radius 3 is 2.22 bits per heavy atom. The van der Waals surface area contributed by atoms with Gasteiger partial charge in [-0.25, -0.2) is 4.99 Å². The topological polar surface area (TPSA) is 109 Å². The minimum Gasteiger partial charge on any atom is -0.398 e. The third-order valence-electron chi connectivity index (χ3n) is 3.63. The summed E-state index contributed by atoms with van der Waals surface area (Å²) in [5.74, 6) is -0.123. The molecule has 1 aromatic carbocycles. The number of nitrogens with two attached hydrogens (primary N) is 2. The Kier molecular flexibility index (Phi) is 5.65. The van der Waals surface area contributed by atoms with E-state index < -0.39 is 23.3 Å². The monoisotopic (exact) mass is 381 g/mol.